The van der Waals surface area contributed by atoms with E-state index in [4.69, 9.17) is 6.42 Å². The van der Waals surface area contributed by atoms with Crippen molar-refractivity contribution in [3.8, 4) is 12.3 Å². The van der Waals surface area contributed by atoms with Gasteiger partial charge in [-0.25, -0.2) is 0 Å². The summed E-state index contributed by atoms with van der Waals surface area (Å²) < 4.78 is 0. The van der Waals surface area contributed by atoms with Crippen molar-refractivity contribution in [2.75, 3.05) is 0 Å². The second-order valence-electron chi connectivity index (χ2n) is 2.80. The molecular weight excluding hydrogens is 160 g/mol. The maximum atomic E-state index is 11.3. The van der Waals surface area contributed by atoms with Gasteiger partial charge >= 0.3 is 0 Å². The Hall–Kier alpha value is -1.81. The van der Waals surface area contributed by atoms with Crippen LogP contribution in [0, 0.1) is 12.3 Å². The topological polar surface area (TPSA) is 17.1 Å². The fourth-order valence-electron chi connectivity index (χ4n) is 1.13. The normalized spacial score (nSPS) is 8.92. The van der Waals surface area contributed by atoms with Crippen LogP contribution in [0.15, 0.2) is 30.8 Å². The summed E-state index contributed by atoms with van der Waals surface area (Å²) in [5.74, 6) is 1.80. The van der Waals surface area contributed by atoms with E-state index in [1.807, 2.05) is 19.1 Å². The lowest BCUT2D eigenvalue weighted by atomic mass is 9.99. The molecule has 0 spiro atoms. The zero-order valence-electron chi connectivity index (χ0n) is 7.50. The Labute approximate surface area is 78.1 Å². The van der Waals surface area contributed by atoms with Crippen LogP contribution >= 0.6 is 0 Å². The fraction of sp³-hybridized carbons (Fsp3) is 0.0833. The highest BCUT2D eigenvalue weighted by atomic mass is 16.1. The van der Waals surface area contributed by atoms with Crippen LogP contribution in [0.4, 0.5) is 0 Å². The summed E-state index contributed by atoms with van der Waals surface area (Å²) in [6, 6.07) is 7.20. The van der Waals surface area contributed by atoms with Gasteiger partial charge < -0.3 is 0 Å². The molecule has 0 aliphatic heterocycles. The van der Waals surface area contributed by atoms with Crippen LogP contribution in [0.2, 0.25) is 0 Å². The summed E-state index contributed by atoms with van der Waals surface area (Å²) in [5.41, 5.74) is 2.22. The van der Waals surface area contributed by atoms with E-state index in [1.54, 1.807) is 12.1 Å². The Kier molecular flexibility index (Phi) is 2.66. The van der Waals surface area contributed by atoms with Gasteiger partial charge in [0.2, 0.25) is 5.78 Å². The van der Waals surface area contributed by atoms with Gasteiger partial charge in [-0.15, -0.1) is 6.42 Å². The second kappa shape index (κ2) is 3.73. The first kappa shape index (κ1) is 9.28. The molecule has 0 heterocycles. The average molecular weight is 170 g/mol. The summed E-state index contributed by atoms with van der Waals surface area (Å²) in [6.07, 6.45) is 5.04. The Morgan fingerprint density at radius 3 is 2.38 bits per heavy atom. The van der Waals surface area contributed by atoms with Crippen molar-refractivity contribution in [1.82, 2.24) is 0 Å². The van der Waals surface area contributed by atoms with Crippen LogP contribution in [0.3, 0.4) is 0 Å². The molecule has 0 aliphatic rings. The second-order valence-corrected chi connectivity index (χ2v) is 2.80. The zero-order valence-corrected chi connectivity index (χ0v) is 7.50. The molecule has 0 atom stereocenters. The van der Waals surface area contributed by atoms with Crippen molar-refractivity contribution >= 4 is 11.4 Å². The average Bonchev–Trinajstić information content (AvgIpc) is 2.16. The van der Waals surface area contributed by atoms with Crippen molar-refractivity contribution in [3.05, 3.63) is 42.0 Å². The fourth-order valence-corrected chi connectivity index (χ4v) is 1.13. The molecule has 0 radical (unpaired) electrons. The van der Waals surface area contributed by atoms with E-state index in [9.17, 15) is 4.79 Å². The number of carbonyl (C=O) groups excluding carboxylic acids is 1. The van der Waals surface area contributed by atoms with Gasteiger partial charge in [-0.2, -0.15) is 0 Å². The van der Waals surface area contributed by atoms with Gasteiger partial charge in [-0.05, 0) is 24.5 Å². The molecule has 0 saturated heterocycles. The number of hydrogen-bond acceptors (Lipinski definition) is 1. The molecule has 0 amide bonds. The lowest BCUT2D eigenvalue weighted by molar-refractivity contribution is 0.105. The summed E-state index contributed by atoms with van der Waals surface area (Å²) >= 11 is 0. The number of benzene rings is 1. The number of Topliss-reactive ketones (excluding diaryl/α,β-unsaturated/α-hetero) is 1. The quantitative estimate of drug-likeness (QED) is 0.378. The predicted molar refractivity (Wildman–Crippen MR) is 54.3 cm³/mol. The van der Waals surface area contributed by atoms with E-state index in [-0.39, 0.29) is 5.78 Å². The number of rotatable bonds is 2. The number of ketones is 1. The maximum Gasteiger partial charge on any atom is 0.236 e. The molecule has 1 aromatic rings. The van der Waals surface area contributed by atoms with Gasteiger partial charge in [0, 0.05) is 5.56 Å². The lowest BCUT2D eigenvalue weighted by Crippen LogP contribution is -1.98. The van der Waals surface area contributed by atoms with E-state index in [1.165, 1.54) is 0 Å². The van der Waals surface area contributed by atoms with E-state index in [0.717, 1.165) is 11.1 Å². The predicted octanol–water partition coefficient (Wildman–Crippen LogP) is 2.54. The molecule has 0 aliphatic carbocycles. The Balaban J connectivity index is 3.29. The Bertz CT molecular complexity index is 394. The molecule has 1 heteroatoms. The lowest BCUT2D eigenvalue weighted by Gasteiger charge is -2.03. The smallest absolute Gasteiger partial charge is 0.236 e. The minimum absolute atomic E-state index is 0.293. The minimum Gasteiger partial charge on any atom is -0.279 e. The van der Waals surface area contributed by atoms with E-state index in [0.29, 0.717) is 5.56 Å². The molecule has 0 saturated carbocycles. The molecule has 1 rings (SSSR count). The first-order chi connectivity index (χ1) is 6.16. The van der Waals surface area contributed by atoms with Crippen LogP contribution in [0.5, 0.6) is 0 Å². The van der Waals surface area contributed by atoms with E-state index >= 15 is 0 Å². The van der Waals surface area contributed by atoms with Crippen molar-refractivity contribution in [3.63, 3.8) is 0 Å². The summed E-state index contributed by atoms with van der Waals surface area (Å²) in [7, 11) is 0. The standard InChI is InChI=1S/C12H10O/c1-4-12(13)11-8-6-5-7-10(11)9(2)3/h1,5-8H,2H2,3H3. The Morgan fingerprint density at radius 1 is 1.38 bits per heavy atom. The first-order valence-corrected chi connectivity index (χ1v) is 3.92. The summed E-state index contributed by atoms with van der Waals surface area (Å²) in [5, 5.41) is 0. The molecule has 13 heavy (non-hydrogen) atoms. The van der Waals surface area contributed by atoms with Gasteiger partial charge in [-0.3, -0.25) is 4.79 Å². The molecular formula is C12H10O. The van der Waals surface area contributed by atoms with Gasteiger partial charge in [0.1, 0.15) is 0 Å². The third-order valence-electron chi connectivity index (χ3n) is 1.76. The zero-order chi connectivity index (χ0) is 9.84. The molecule has 0 N–H and O–H groups in total. The monoisotopic (exact) mass is 170 g/mol. The van der Waals surface area contributed by atoms with Crippen molar-refractivity contribution < 1.29 is 4.79 Å². The SMILES string of the molecule is C#CC(=O)c1ccccc1C(=C)C. The van der Waals surface area contributed by atoms with Gasteiger partial charge in [0.25, 0.3) is 0 Å². The number of carbonyl (C=O) groups is 1. The number of terminal acetylenes is 1. The summed E-state index contributed by atoms with van der Waals surface area (Å²) in [4.78, 5) is 11.3. The molecule has 0 bridgehead atoms. The molecule has 0 fully saturated rings. The molecule has 0 aromatic heterocycles. The minimum atomic E-state index is -0.293. The van der Waals surface area contributed by atoms with Crippen molar-refractivity contribution in [2.45, 2.75) is 6.92 Å². The van der Waals surface area contributed by atoms with Crippen LogP contribution in [0.25, 0.3) is 5.57 Å². The van der Waals surface area contributed by atoms with E-state index in [2.05, 4.69) is 12.5 Å². The van der Waals surface area contributed by atoms with Crippen molar-refractivity contribution in [2.24, 2.45) is 0 Å². The van der Waals surface area contributed by atoms with Crippen LogP contribution < -0.4 is 0 Å². The van der Waals surface area contributed by atoms with Gasteiger partial charge in [0.05, 0.1) is 0 Å². The number of allylic oxidation sites excluding steroid dienone is 1. The summed E-state index contributed by atoms with van der Waals surface area (Å²) in [6.45, 7) is 5.63. The van der Waals surface area contributed by atoms with Gasteiger partial charge in [0.15, 0.2) is 0 Å². The van der Waals surface area contributed by atoms with Crippen LogP contribution in [-0.4, -0.2) is 5.78 Å². The molecule has 1 nitrogen and oxygen atoms in total. The Morgan fingerprint density at radius 2 is 1.92 bits per heavy atom. The highest BCUT2D eigenvalue weighted by Gasteiger charge is 2.07. The van der Waals surface area contributed by atoms with Crippen LogP contribution in [0.1, 0.15) is 22.8 Å². The molecule has 64 valence electrons. The third kappa shape index (κ3) is 1.86. The first-order valence-electron chi connectivity index (χ1n) is 3.92. The molecule has 0 unspecified atom stereocenters. The van der Waals surface area contributed by atoms with E-state index < -0.39 is 0 Å². The van der Waals surface area contributed by atoms with Gasteiger partial charge in [-0.1, -0.05) is 30.4 Å². The molecule has 1 aromatic carbocycles. The largest absolute Gasteiger partial charge is 0.279 e. The number of hydrogen-bond donors (Lipinski definition) is 0. The highest BCUT2D eigenvalue weighted by molar-refractivity contribution is 6.11. The van der Waals surface area contributed by atoms with Crippen LogP contribution in [-0.2, 0) is 0 Å². The van der Waals surface area contributed by atoms with Crippen molar-refractivity contribution in [1.29, 1.82) is 0 Å². The third-order valence-corrected chi connectivity index (χ3v) is 1.76. The highest BCUT2D eigenvalue weighted by Crippen LogP contribution is 2.17. The maximum absolute atomic E-state index is 11.3.